The summed E-state index contributed by atoms with van der Waals surface area (Å²) in [6.45, 7) is 0.819. The number of carbonyl (C=O) groups excluding carboxylic acids is 2. The van der Waals surface area contributed by atoms with Crippen LogP contribution < -0.4 is 10.6 Å². The number of nitrogens with one attached hydrogen (secondary N) is 2. The highest BCUT2D eigenvalue weighted by Crippen LogP contribution is 2.32. The number of urea groups is 2. The van der Waals surface area contributed by atoms with Crippen molar-refractivity contribution in [2.75, 3.05) is 20.1 Å². The standard InChI is InChI=1S/C19H23BrFN5O2/c1-23-18(27)25-10-12(8-22)6-16(11-25)26(15-4-5-15)19(28)24-9-13-2-3-14(20)7-17(13)21/h2-3,7,12,15-16H,4-6,9-11H2,1H3,(H,23,27)(H,24,28). The lowest BCUT2D eigenvalue weighted by molar-refractivity contribution is 0.103. The van der Waals surface area contributed by atoms with E-state index in [9.17, 15) is 19.2 Å². The molecule has 0 radical (unpaired) electrons. The van der Waals surface area contributed by atoms with Gasteiger partial charge >= 0.3 is 12.1 Å². The van der Waals surface area contributed by atoms with Crippen molar-refractivity contribution in [1.29, 1.82) is 5.26 Å². The van der Waals surface area contributed by atoms with Crippen LogP contribution in [0.1, 0.15) is 24.8 Å². The van der Waals surface area contributed by atoms with Crippen LogP contribution in [0.3, 0.4) is 0 Å². The molecule has 2 N–H and O–H groups in total. The van der Waals surface area contributed by atoms with E-state index in [2.05, 4.69) is 32.6 Å². The van der Waals surface area contributed by atoms with E-state index >= 15 is 0 Å². The summed E-state index contributed by atoms with van der Waals surface area (Å²) < 4.78 is 14.7. The average Bonchev–Trinajstić information content (AvgIpc) is 3.51. The van der Waals surface area contributed by atoms with Crippen molar-refractivity contribution >= 4 is 28.0 Å². The summed E-state index contributed by atoms with van der Waals surface area (Å²) in [5.74, 6) is -0.713. The van der Waals surface area contributed by atoms with Crippen LogP contribution in [-0.2, 0) is 6.54 Å². The Kier molecular flexibility index (Phi) is 6.39. The molecule has 9 heteroatoms. The van der Waals surface area contributed by atoms with Crippen LogP contribution in [-0.4, -0.2) is 54.1 Å². The van der Waals surface area contributed by atoms with Gasteiger partial charge in [-0.25, -0.2) is 14.0 Å². The third-order valence-corrected chi connectivity index (χ3v) is 5.62. The van der Waals surface area contributed by atoms with Crippen LogP contribution in [0.4, 0.5) is 14.0 Å². The minimum Gasteiger partial charge on any atom is -0.341 e. The highest BCUT2D eigenvalue weighted by atomic mass is 79.9. The van der Waals surface area contributed by atoms with Crippen LogP contribution >= 0.6 is 15.9 Å². The van der Waals surface area contributed by atoms with Crippen molar-refractivity contribution in [2.45, 2.75) is 37.9 Å². The molecule has 28 heavy (non-hydrogen) atoms. The second kappa shape index (κ2) is 8.78. The number of likely N-dealkylation sites (tertiary alicyclic amines) is 1. The fraction of sp³-hybridized carbons (Fsp3) is 0.526. The molecule has 2 unspecified atom stereocenters. The molecule has 0 aromatic heterocycles. The van der Waals surface area contributed by atoms with Gasteiger partial charge in [-0.2, -0.15) is 5.26 Å². The van der Waals surface area contributed by atoms with Gasteiger partial charge in [-0.1, -0.05) is 22.0 Å². The first-order valence-electron chi connectivity index (χ1n) is 9.29. The highest BCUT2D eigenvalue weighted by Gasteiger charge is 2.41. The lowest BCUT2D eigenvalue weighted by atomic mass is 9.94. The molecule has 7 nitrogen and oxygen atoms in total. The number of benzene rings is 1. The molecule has 1 heterocycles. The molecule has 2 aliphatic rings. The average molecular weight is 452 g/mol. The van der Waals surface area contributed by atoms with E-state index in [1.807, 2.05) is 0 Å². The molecule has 1 aliphatic carbocycles. The predicted molar refractivity (Wildman–Crippen MR) is 105 cm³/mol. The van der Waals surface area contributed by atoms with E-state index in [0.717, 1.165) is 12.8 Å². The summed E-state index contributed by atoms with van der Waals surface area (Å²) in [4.78, 5) is 28.3. The van der Waals surface area contributed by atoms with Crippen LogP contribution in [0.5, 0.6) is 0 Å². The first kappa shape index (κ1) is 20.4. The second-order valence-corrected chi connectivity index (χ2v) is 8.12. The van der Waals surface area contributed by atoms with E-state index in [1.54, 1.807) is 29.0 Å². The topological polar surface area (TPSA) is 88.5 Å². The molecule has 1 saturated heterocycles. The maximum Gasteiger partial charge on any atom is 0.318 e. The highest BCUT2D eigenvalue weighted by molar-refractivity contribution is 9.10. The fourth-order valence-corrected chi connectivity index (χ4v) is 3.93. The fourth-order valence-electron chi connectivity index (χ4n) is 3.60. The van der Waals surface area contributed by atoms with Gasteiger partial charge < -0.3 is 20.4 Å². The van der Waals surface area contributed by atoms with Gasteiger partial charge in [-0.3, -0.25) is 0 Å². The molecule has 150 valence electrons. The summed E-state index contributed by atoms with van der Waals surface area (Å²) in [7, 11) is 1.55. The van der Waals surface area contributed by atoms with E-state index in [0.29, 0.717) is 29.5 Å². The van der Waals surface area contributed by atoms with Crippen molar-refractivity contribution in [3.05, 3.63) is 34.1 Å². The summed E-state index contributed by atoms with van der Waals surface area (Å²) in [5, 5.41) is 14.8. The lowest BCUT2D eigenvalue weighted by Gasteiger charge is -2.41. The SMILES string of the molecule is CNC(=O)N1CC(C#N)CC(N(C(=O)NCc2ccc(Br)cc2F)C2CC2)C1. The predicted octanol–water partition coefficient (Wildman–Crippen LogP) is 2.82. The van der Waals surface area contributed by atoms with Crippen molar-refractivity contribution in [3.8, 4) is 6.07 Å². The van der Waals surface area contributed by atoms with Gasteiger partial charge in [0.05, 0.1) is 18.0 Å². The first-order valence-corrected chi connectivity index (χ1v) is 10.1. The lowest BCUT2D eigenvalue weighted by Crippen LogP contribution is -2.57. The van der Waals surface area contributed by atoms with Gasteiger partial charge in [0.2, 0.25) is 0 Å². The van der Waals surface area contributed by atoms with Gasteiger partial charge in [0.15, 0.2) is 0 Å². The number of amides is 4. The summed E-state index contributed by atoms with van der Waals surface area (Å²) in [6, 6.07) is 6.27. The molecule has 1 aromatic carbocycles. The zero-order chi connectivity index (χ0) is 20.3. The molecule has 1 aromatic rings. The Morgan fingerprint density at radius 3 is 2.71 bits per heavy atom. The normalized spacial score (nSPS) is 21.6. The van der Waals surface area contributed by atoms with Crippen LogP contribution in [0.25, 0.3) is 0 Å². The Labute approximate surface area is 172 Å². The van der Waals surface area contributed by atoms with Crippen LogP contribution in [0.2, 0.25) is 0 Å². The molecular formula is C19H23BrFN5O2. The maximum absolute atomic E-state index is 14.0. The minimum atomic E-state index is -0.388. The second-order valence-electron chi connectivity index (χ2n) is 7.21. The maximum atomic E-state index is 14.0. The van der Waals surface area contributed by atoms with Gasteiger partial charge in [-0.15, -0.1) is 0 Å². The Morgan fingerprint density at radius 1 is 1.36 bits per heavy atom. The Balaban J connectivity index is 1.70. The Morgan fingerprint density at radius 2 is 2.11 bits per heavy atom. The number of nitrogens with zero attached hydrogens (tertiary/aromatic N) is 3. The molecular weight excluding hydrogens is 429 g/mol. The molecule has 1 aliphatic heterocycles. The van der Waals surface area contributed by atoms with Crippen molar-refractivity contribution in [3.63, 3.8) is 0 Å². The van der Waals surface area contributed by atoms with Crippen LogP contribution in [0, 0.1) is 23.1 Å². The Hall–Kier alpha value is -2.34. The van der Waals surface area contributed by atoms with Gasteiger partial charge in [0.1, 0.15) is 5.82 Å². The van der Waals surface area contributed by atoms with E-state index in [-0.39, 0.29) is 42.4 Å². The molecule has 0 bridgehead atoms. The largest absolute Gasteiger partial charge is 0.341 e. The quantitative estimate of drug-likeness (QED) is 0.737. The smallest absolute Gasteiger partial charge is 0.318 e. The summed E-state index contributed by atoms with van der Waals surface area (Å²) in [6.07, 6.45) is 2.32. The number of hydrogen-bond donors (Lipinski definition) is 2. The number of halogens is 2. The number of nitriles is 1. The molecule has 2 atom stereocenters. The number of carbonyl (C=O) groups is 2. The number of piperidine rings is 1. The van der Waals surface area contributed by atoms with Gasteiger partial charge in [-0.05, 0) is 31.4 Å². The first-order chi connectivity index (χ1) is 13.4. The molecule has 1 saturated carbocycles. The zero-order valence-corrected chi connectivity index (χ0v) is 17.2. The third kappa shape index (κ3) is 4.73. The molecule has 4 amide bonds. The molecule has 0 spiro atoms. The van der Waals surface area contributed by atoms with E-state index < -0.39 is 0 Å². The van der Waals surface area contributed by atoms with Gasteiger partial charge in [0.25, 0.3) is 0 Å². The minimum absolute atomic E-state index is 0.0781. The van der Waals surface area contributed by atoms with E-state index in [4.69, 9.17) is 0 Å². The molecule has 3 rings (SSSR count). The van der Waals surface area contributed by atoms with Crippen LogP contribution in [0.15, 0.2) is 22.7 Å². The van der Waals surface area contributed by atoms with Gasteiger partial charge in [0, 0.05) is 42.8 Å². The summed E-state index contributed by atoms with van der Waals surface area (Å²) in [5.41, 5.74) is 0.401. The van der Waals surface area contributed by atoms with Crippen molar-refractivity contribution in [2.24, 2.45) is 5.92 Å². The van der Waals surface area contributed by atoms with Crippen molar-refractivity contribution < 1.29 is 14.0 Å². The Bertz CT molecular complexity index is 795. The molecule has 2 fully saturated rings. The monoisotopic (exact) mass is 451 g/mol. The number of hydrogen-bond acceptors (Lipinski definition) is 3. The number of rotatable bonds is 4. The van der Waals surface area contributed by atoms with Crippen molar-refractivity contribution in [1.82, 2.24) is 20.4 Å². The summed E-state index contributed by atoms with van der Waals surface area (Å²) >= 11 is 3.22. The van der Waals surface area contributed by atoms with E-state index in [1.165, 1.54) is 6.07 Å². The zero-order valence-electron chi connectivity index (χ0n) is 15.6. The third-order valence-electron chi connectivity index (χ3n) is 5.13.